The van der Waals surface area contributed by atoms with E-state index in [0.29, 0.717) is 17.2 Å². The molecule has 1 fully saturated rings. The molecular weight excluding hydrogens is 342 g/mol. The molecular formula is C18H23NO3S2. The smallest absolute Gasteiger partial charge is 0.158 e. The number of hydrogen-bond donors (Lipinski definition) is 1. The first-order valence-electron chi connectivity index (χ1n) is 8.41. The summed E-state index contributed by atoms with van der Waals surface area (Å²) in [7, 11) is -3.41. The van der Waals surface area contributed by atoms with Gasteiger partial charge in [0.15, 0.2) is 9.84 Å². The molecule has 1 aromatic heterocycles. The Bertz CT molecular complexity index is 750. The maximum absolute atomic E-state index is 12.4. The standard InChI is InChI=1S/C18H23NO3S2/c20-17(14-7-3-1-4-8-14)13-24(21,22)12-16-11-23-18(19-16)15-9-5-2-6-10-15/h1,3-4,7-8,11,15,17,20H,2,5-6,9-10,12-13H2/t17-/m0/s1. The van der Waals surface area contributed by atoms with Crippen LogP contribution in [0.25, 0.3) is 0 Å². The van der Waals surface area contributed by atoms with Gasteiger partial charge in [0.25, 0.3) is 0 Å². The lowest BCUT2D eigenvalue weighted by Crippen LogP contribution is -2.16. The number of benzene rings is 1. The third-order valence-electron chi connectivity index (χ3n) is 4.49. The van der Waals surface area contributed by atoms with E-state index in [9.17, 15) is 13.5 Å². The fourth-order valence-electron chi connectivity index (χ4n) is 3.22. The van der Waals surface area contributed by atoms with E-state index in [4.69, 9.17) is 0 Å². The molecule has 1 aliphatic carbocycles. The molecule has 0 amide bonds. The summed E-state index contributed by atoms with van der Waals surface area (Å²) in [5.41, 5.74) is 1.24. The van der Waals surface area contributed by atoms with Crippen LogP contribution in [0.15, 0.2) is 35.7 Å². The molecule has 0 saturated heterocycles. The Labute approximate surface area is 147 Å². The predicted octanol–water partition coefficient (Wildman–Crippen LogP) is 3.84. The Hall–Kier alpha value is -1.24. The van der Waals surface area contributed by atoms with E-state index in [2.05, 4.69) is 4.98 Å². The Morgan fingerprint density at radius 2 is 1.88 bits per heavy atom. The quantitative estimate of drug-likeness (QED) is 0.844. The number of thiazole rings is 1. The zero-order valence-corrected chi connectivity index (χ0v) is 15.2. The SMILES string of the molecule is O=S(=O)(Cc1csc(C2CCCCC2)n1)C[C@H](O)c1ccccc1. The van der Waals surface area contributed by atoms with Crippen LogP contribution in [0.3, 0.4) is 0 Å². The second kappa shape index (κ2) is 7.76. The number of aromatic nitrogens is 1. The van der Waals surface area contributed by atoms with Gasteiger partial charge in [-0.1, -0.05) is 49.6 Å². The van der Waals surface area contributed by atoms with Gasteiger partial charge >= 0.3 is 0 Å². The summed E-state index contributed by atoms with van der Waals surface area (Å²) in [6, 6.07) is 8.91. The van der Waals surface area contributed by atoms with Crippen molar-refractivity contribution in [2.24, 2.45) is 0 Å². The van der Waals surface area contributed by atoms with Gasteiger partial charge in [-0.2, -0.15) is 0 Å². The lowest BCUT2D eigenvalue weighted by Gasteiger charge is -2.18. The minimum atomic E-state index is -3.41. The summed E-state index contributed by atoms with van der Waals surface area (Å²) < 4.78 is 24.7. The molecule has 130 valence electrons. The van der Waals surface area contributed by atoms with Gasteiger partial charge in [-0.25, -0.2) is 13.4 Å². The van der Waals surface area contributed by atoms with Gasteiger partial charge in [-0.05, 0) is 18.4 Å². The van der Waals surface area contributed by atoms with Crippen molar-refractivity contribution in [2.75, 3.05) is 5.75 Å². The van der Waals surface area contributed by atoms with Crippen molar-refractivity contribution < 1.29 is 13.5 Å². The topological polar surface area (TPSA) is 67.3 Å². The normalized spacial score (nSPS) is 17.7. The van der Waals surface area contributed by atoms with E-state index in [1.54, 1.807) is 35.6 Å². The van der Waals surface area contributed by atoms with E-state index >= 15 is 0 Å². The van der Waals surface area contributed by atoms with Crippen LogP contribution in [-0.4, -0.2) is 24.3 Å². The second-order valence-corrected chi connectivity index (χ2v) is 9.49. The third-order valence-corrected chi connectivity index (χ3v) is 7.10. The van der Waals surface area contributed by atoms with Gasteiger partial charge in [0.1, 0.15) is 0 Å². The van der Waals surface area contributed by atoms with Crippen LogP contribution in [0.4, 0.5) is 0 Å². The lowest BCUT2D eigenvalue weighted by atomic mass is 9.90. The number of rotatable bonds is 6. The number of hydrogen-bond acceptors (Lipinski definition) is 5. The van der Waals surface area contributed by atoms with Crippen LogP contribution >= 0.6 is 11.3 Å². The molecule has 1 heterocycles. The molecule has 2 aromatic rings. The van der Waals surface area contributed by atoms with Gasteiger partial charge in [-0.3, -0.25) is 0 Å². The molecule has 0 unspecified atom stereocenters. The minimum absolute atomic E-state index is 0.0971. The molecule has 0 radical (unpaired) electrons. The molecule has 1 saturated carbocycles. The Kier molecular flexibility index (Phi) is 5.69. The fraction of sp³-hybridized carbons (Fsp3) is 0.500. The van der Waals surface area contributed by atoms with E-state index in [-0.39, 0.29) is 11.5 Å². The van der Waals surface area contributed by atoms with Gasteiger partial charge in [0.2, 0.25) is 0 Å². The largest absolute Gasteiger partial charge is 0.387 e. The maximum Gasteiger partial charge on any atom is 0.158 e. The zero-order chi connectivity index (χ0) is 17.0. The summed E-state index contributed by atoms with van der Waals surface area (Å²) in [4.78, 5) is 4.56. The van der Waals surface area contributed by atoms with Gasteiger partial charge in [-0.15, -0.1) is 11.3 Å². The number of nitrogens with zero attached hydrogens (tertiary/aromatic N) is 1. The zero-order valence-electron chi connectivity index (χ0n) is 13.6. The highest BCUT2D eigenvalue weighted by Crippen LogP contribution is 2.34. The van der Waals surface area contributed by atoms with Crippen LogP contribution in [-0.2, 0) is 15.6 Å². The highest BCUT2D eigenvalue weighted by atomic mass is 32.2. The minimum Gasteiger partial charge on any atom is -0.387 e. The Balaban J connectivity index is 1.63. The van der Waals surface area contributed by atoms with E-state index < -0.39 is 15.9 Å². The van der Waals surface area contributed by atoms with Crippen LogP contribution in [0.2, 0.25) is 0 Å². The van der Waals surface area contributed by atoms with E-state index in [0.717, 1.165) is 17.8 Å². The van der Waals surface area contributed by atoms with Crippen LogP contribution in [0, 0.1) is 0 Å². The van der Waals surface area contributed by atoms with Crippen LogP contribution < -0.4 is 0 Å². The van der Waals surface area contributed by atoms with Crippen molar-refractivity contribution in [3.05, 3.63) is 52.0 Å². The summed E-state index contributed by atoms with van der Waals surface area (Å²) in [6.07, 6.45) is 5.09. The van der Waals surface area contributed by atoms with E-state index in [1.165, 1.54) is 19.3 Å². The molecule has 1 aliphatic rings. The monoisotopic (exact) mass is 365 g/mol. The molecule has 3 rings (SSSR count). The molecule has 1 atom stereocenters. The van der Waals surface area contributed by atoms with Gasteiger partial charge < -0.3 is 5.11 Å². The molecule has 24 heavy (non-hydrogen) atoms. The predicted molar refractivity (Wildman–Crippen MR) is 96.8 cm³/mol. The number of aliphatic hydroxyl groups excluding tert-OH is 1. The Morgan fingerprint density at radius 3 is 2.58 bits per heavy atom. The van der Waals surface area contributed by atoms with Crippen molar-refractivity contribution in [3.63, 3.8) is 0 Å². The van der Waals surface area contributed by atoms with Crippen molar-refractivity contribution in [1.82, 2.24) is 4.98 Å². The highest BCUT2D eigenvalue weighted by molar-refractivity contribution is 7.90. The number of aliphatic hydroxyl groups is 1. The second-order valence-electron chi connectivity index (χ2n) is 6.49. The molecule has 6 heteroatoms. The van der Waals surface area contributed by atoms with Crippen LogP contribution in [0.5, 0.6) is 0 Å². The average Bonchev–Trinajstić information content (AvgIpc) is 3.03. The fourth-order valence-corrected chi connectivity index (χ4v) is 5.71. The van der Waals surface area contributed by atoms with Crippen LogP contribution in [0.1, 0.15) is 60.4 Å². The Morgan fingerprint density at radius 1 is 1.17 bits per heavy atom. The molecule has 0 spiro atoms. The third kappa shape index (κ3) is 4.65. The van der Waals surface area contributed by atoms with Crippen molar-refractivity contribution in [1.29, 1.82) is 0 Å². The summed E-state index contributed by atoms with van der Waals surface area (Å²) >= 11 is 1.57. The number of sulfone groups is 1. The van der Waals surface area contributed by atoms with Crippen molar-refractivity contribution in [2.45, 2.75) is 49.9 Å². The van der Waals surface area contributed by atoms with E-state index in [1.807, 2.05) is 11.4 Å². The summed E-state index contributed by atoms with van der Waals surface area (Å²) in [6.45, 7) is 0. The maximum atomic E-state index is 12.4. The van der Waals surface area contributed by atoms with Crippen molar-refractivity contribution in [3.8, 4) is 0 Å². The van der Waals surface area contributed by atoms with Gasteiger partial charge in [0, 0.05) is 11.3 Å². The highest BCUT2D eigenvalue weighted by Gasteiger charge is 2.23. The molecule has 0 bridgehead atoms. The molecule has 0 aliphatic heterocycles. The van der Waals surface area contributed by atoms with Gasteiger partial charge in [0.05, 0.1) is 28.3 Å². The first-order chi connectivity index (χ1) is 11.5. The average molecular weight is 366 g/mol. The molecule has 4 nitrogen and oxygen atoms in total. The van der Waals surface area contributed by atoms with Crippen molar-refractivity contribution >= 4 is 21.2 Å². The first-order valence-corrected chi connectivity index (χ1v) is 11.1. The first kappa shape index (κ1) is 17.6. The lowest BCUT2D eigenvalue weighted by molar-refractivity contribution is 0.201. The molecule has 1 N–H and O–H groups in total. The molecule has 1 aromatic carbocycles. The summed E-state index contributed by atoms with van der Waals surface area (Å²) in [5.74, 6) is 0.128. The summed E-state index contributed by atoms with van der Waals surface area (Å²) in [5, 5.41) is 13.1.